The highest BCUT2D eigenvalue weighted by Gasteiger charge is 2.50. The molecule has 0 radical (unpaired) electrons. The number of fused-ring (bicyclic) bond motifs is 3. The van der Waals surface area contributed by atoms with Gasteiger partial charge in [-0.25, -0.2) is 28.0 Å². The molecule has 0 saturated carbocycles. The number of ether oxygens (including phenoxy) is 2. The standard InChI is InChI=1S/C31H32N6O8S2/c1-44-25-11-9-23-27(33-25)46-28(32-23)34-29(40)37-19-31(13-15-35(18-31)30(41)45-2)22-16-21(8-10-24(22)37)47(42,43)36(14-12-26(38)39)17-20-6-4-3-5-7-20/h3-11,16H,12-15,17-19H2,1-2H3,(H,38,39)(H,32,34,40)/t31-/m0/s1. The summed E-state index contributed by atoms with van der Waals surface area (Å²) in [5, 5.41) is 12.5. The van der Waals surface area contributed by atoms with Crippen molar-refractivity contribution in [2.45, 2.75) is 29.7 Å². The highest BCUT2D eigenvalue weighted by molar-refractivity contribution is 7.89. The van der Waals surface area contributed by atoms with Gasteiger partial charge in [0.05, 0.1) is 25.5 Å². The van der Waals surface area contributed by atoms with Crippen molar-refractivity contribution in [1.29, 1.82) is 0 Å². The Balaban J connectivity index is 1.35. The molecule has 246 valence electrons. The van der Waals surface area contributed by atoms with Gasteiger partial charge in [0.2, 0.25) is 15.9 Å². The van der Waals surface area contributed by atoms with E-state index in [1.54, 1.807) is 48.5 Å². The highest BCUT2D eigenvalue weighted by atomic mass is 32.2. The molecule has 47 heavy (non-hydrogen) atoms. The lowest BCUT2D eigenvalue weighted by molar-refractivity contribution is -0.137. The van der Waals surface area contributed by atoms with E-state index in [1.165, 1.54) is 41.4 Å². The number of nitrogens with zero attached hydrogens (tertiary/aromatic N) is 5. The van der Waals surface area contributed by atoms with Crippen LogP contribution in [-0.2, 0) is 31.5 Å². The number of urea groups is 1. The van der Waals surface area contributed by atoms with Crippen LogP contribution in [0.2, 0.25) is 0 Å². The van der Waals surface area contributed by atoms with Crippen LogP contribution in [0.3, 0.4) is 0 Å². The maximum absolute atomic E-state index is 14.1. The third kappa shape index (κ3) is 6.31. The minimum Gasteiger partial charge on any atom is -0.481 e. The number of pyridine rings is 1. The van der Waals surface area contributed by atoms with Gasteiger partial charge in [0, 0.05) is 49.9 Å². The summed E-state index contributed by atoms with van der Waals surface area (Å²) in [6, 6.07) is 16.4. The molecule has 2 N–H and O–H groups in total. The van der Waals surface area contributed by atoms with Gasteiger partial charge in [0.25, 0.3) is 0 Å². The molecule has 0 aliphatic carbocycles. The van der Waals surface area contributed by atoms with Crippen molar-refractivity contribution in [1.82, 2.24) is 19.2 Å². The van der Waals surface area contributed by atoms with Crippen molar-refractivity contribution in [3.63, 3.8) is 0 Å². The number of amides is 3. The van der Waals surface area contributed by atoms with Crippen LogP contribution in [0, 0.1) is 0 Å². The third-order valence-electron chi connectivity index (χ3n) is 8.39. The van der Waals surface area contributed by atoms with Gasteiger partial charge in [-0.1, -0.05) is 41.7 Å². The van der Waals surface area contributed by atoms with Crippen molar-refractivity contribution in [2.24, 2.45) is 0 Å². The molecule has 1 saturated heterocycles. The number of nitrogens with one attached hydrogen (secondary N) is 1. The van der Waals surface area contributed by atoms with Gasteiger partial charge in [0.1, 0.15) is 10.3 Å². The van der Waals surface area contributed by atoms with Crippen LogP contribution in [-0.4, -0.2) is 91.2 Å². The monoisotopic (exact) mass is 680 g/mol. The number of likely N-dealkylation sites (tertiary alicyclic amines) is 1. The van der Waals surface area contributed by atoms with Crippen molar-refractivity contribution < 1.29 is 37.4 Å². The fourth-order valence-electron chi connectivity index (χ4n) is 6.06. The second-order valence-corrected chi connectivity index (χ2v) is 14.2. The number of carboxylic acid groups (broad SMARTS) is 1. The number of hydrogen-bond acceptors (Lipinski definition) is 10. The lowest BCUT2D eigenvalue weighted by atomic mass is 9.81. The summed E-state index contributed by atoms with van der Waals surface area (Å²) in [5.74, 6) is -0.702. The van der Waals surface area contributed by atoms with E-state index >= 15 is 0 Å². The highest BCUT2D eigenvalue weighted by Crippen LogP contribution is 2.48. The summed E-state index contributed by atoms with van der Waals surface area (Å²) in [7, 11) is -1.38. The molecule has 16 heteroatoms. The number of methoxy groups -OCH3 is 2. The molecule has 0 bridgehead atoms. The first-order valence-corrected chi connectivity index (χ1v) is 16.9. The average molecular weight is 681 g/mol. The minimum atomic E-state index is -4.18. The normalized spacial score (nSPS) is 17.3. The predicted octanol–water partition coefficient (Wildman–Crippen LogP) is 4.13. The van der Waals surface area contributed by atoms with E-state index in [2.05, 4.69) is 15.3 Å². The van der Waals surface area contributed by atoms with Gasteiger partial charge in [-0.05, 0) is 41.8 Å². The number of hydrogen-bond donors (Lipinski definition) is 2. The molecule has 0 unspecified atom stereocenters. The van der Waals surface area contributed by atoms with Crippen LogP contribution in [0.5, 0.6) is 5.88 Å². The van der Waals surface area contributed by atoms with Crippen molar-refractivity contribution in [2.75, 3.05) is 50.6 Å². The molecular formula is C31H32N6O8S2. The van der Waals surface area contributed by atoms with Gasteiger partial charge in [-0.2, -0.15) is 4.31 Å². The molecule has 2 aromatic carbocycles. The van der Waals surface area contributed by atoms with Crippen LogP contribution in [0.1, 0.15) is 24.0 Å². The summed E-state index contributed by atoms with van der Waals surface area (Å²) in [5.41, 5.74) is 1.60. The summed E-state index contributed by atoms with van der Waals surface area (Å²) >= 11 is 1.19. The van der Waals surface area contributed by atoms with Crippen LogP contribution in [0.4, 0.5) is 20.4 Å². The first-order chi connectivity index (χ1) is 22.5. The Morgan fingerprint density at radius 1 is 1.06 bits per heavy atom. The third-order valence-corrected chi connectivity index (χ3v) is 11.1. The summed E-state index contributed by atoms with van der Waals surface area (Å²) < 4.78 is 39.5. The van der Waals surface area contributed by atoms with Gasteiger partial charge in [-0.15, -0.1) is 0 Å². The molecule has 1 atom stereocenters. The molecule has 4 aromatic rings. The van der Waals surface area contributed by atoms with E-state index in [4.69, 9.17) is 9.47 Å². The Kier molecular flexibility index (Phi) is 8.74. The van der Waals surface area contributed by atoms with Crippen molar-refractivity contribution in [3.05, 3.63) is 71.8 Å². The Labute approximate surface area is 274 Å². The van der Waals surface area contributed by atoms with Crippen LogP contribution in [0.25, 0.3) is 10.3 Å². The van der Waals surface area contributed by atoms with E-state index in [9.17, 15) is 27.9 Å². The summed E-state index contributed by atoms with van der Waals surface area (Å²) in [6.45, 7) is 0.476. The average Bonchev–Trinajstić information content (AvgIpc) is 3.77. The molecule has 2 aliphatic rings. The van der Waals surface area contributed by atoms with E-state index in [0.717, 1.165) is 4.31 Å². The molecule has 1 fully saturated rings. The zero-order valence-electron chi connectivity index (χ0n) is 25.6. The zero-order chi connectivity index (χ0) is 33.3. The predicted molar refractivity (Wildman–Crippen MR) is 173 cm³/mol. The van der Waals surface area contributed by atoms with Crippen molar-refractivity contribution in [3.8, 4) is 5.88 Å². The second kappa shape index (κ2) is 12.8. The molecule has 14 nitrogen and oxygen atoms in total. The number of carbonyl (C=O) groups excluding carboxylic acids is 2. The number of rotatable bonds is 9. The molecule has 6 rings (SSSR count). The Morgan fingerprint density at radius 3 is 2.57 bits per heavy atom. The Hall–Kier alpha value is -4.80. The van der Waals surface area contributed by atoms with Crippen LogP contribution >= 0.6 is 11.3 Å². The number of thiazole rings is 1. The van der Waals surface area contributed by atoms with E-state index in [0.29, 0.717) is 51.1 Å². The SMILES string of the molecule is COC(=O)N1CC[C@]2(C1)CN(C(=O)Nc1nc3ccc(OC)nc3s1)c1ccc(S(=O)(=O)N(CCC(=O)O)Cc3ccccc3)cc12. The first-order valence-electron chi connectivity index (χ1n) is 14.7. The fraction of sp³-hybridized carbons (Fsp3) is 0.323. The van der Waals surface area contributed by atoms with E-state index in [-0.39, 0.29) is 37.5 Å². The lowest BCUT2D eigenvalue weighted by Gasteiger charge is -2.26. The fourth-order valence-corrected chi connectivity index (χ4v) is 8.34. The number of benzene rings is 2. The van der Waals surface area contributed by atoms with Gasteiger partial charge in [-0.3, -0.25) is 15.0 Å². The molecule has 2 aromatic heterocycles. The topological polar surface area (TPSA) is 172 Å². The summed E-state index contributed by atoms with van der Waals surface area (Å²) in [4.78, 5) is 50.2. The van der Waals surface area contributed by atoms with Gasteiger partial charge < -0.3 is 19.5 Å². The van der Waals surface area contributed by atoms with Crippen molar-refractivity contribution >= 4 is 60.6 Å². The first kappa shape index (κ1) is 32.2. The summed E-state index contributed by atoms with van der Waals surface area (Å²) in [6.07, 6.45) is -0.438. The van der Waals surface area contributed by atoms with Gasteiger partial charge in [0.15, 0.2) is 5.13 Å². The Morgan fingerprint density at radius 2 is 1.85 bits per heavy atom. The molecular weight excluding hydrogens is 649 g/mol. The lowest BCUT2D eigenvalue weighted by Crippen LogP contribution is -2.41. The molecule has 3 amide bonds. The van der Waals surface area contributed by atoms with E-state index in [1.807, 2.05) is 6.07 Å². The largest absolute Gasteiger partial charge is 0.481 e. The minimum absolute atomic E-state index is 0.0216. The molecule has 2 aliphatic heterocycles. The van der Waals surface area contributed by atoms with Gasteiger partial charge >= 0.3 is 18.1 Å². The number of aliphatic carboxylic acids is 1. The van der Waals surface area contributed by atoms with Crippen LogP contribution < -0.4 is 15.0 Å². The molecule has 4 heterocycles. The molecule has 1 spiro atoms. The van der Waals surface area contributed by atoms with Crippen LogP contribution in [0.15, 0.2) is 65.6 Å². The zero-order valence-corrected chi connectivity index (χ0v) is 27.2. The Bertz CT molecular complexity index is 1950. The quantitative estimate of drug-likeness (QED) is 0.262. The number of sulfonamides is 1. The maximum Gasteiger partial charge on any atom is 0.409 e. The number of anilines is 2. The number of aromatic nitrogens is 2. The maximum atomic E-state index is 14.1. The number of carboxylic acids is 1. The van der Waals surface area contributed by atoms with E-state index < -0.39 is 33.5 Å². The second-order valence-electron chi connectivity index (χ2n) is 11.3. The number of carbonyl (C=O) groups is 3. The smallest absolute Gasteiger partial charge is 0.409 e.